The van der Waals surface area contributed by atoms with Crippen LogP contribution in [0.3, 0.4) is 0 Å². The van der Waals surface area contributed by atoms with Crippen LogP contribution in [-0.4, -0.2) is 20.3 Å². The summed E-state index contributed by atoms with van der Waals surface area (Å²) in [5, 5.41) is 7.03. The van der Waals surface area contributed by atoms with Gasteiger partial charge in [0.1, 0.15) is 0 Å². The number of methoxy groups -OCH3 is 1. The van der Waals surface area contributed by atoms with E-state index in [-0.39, 0.29) is 0 Å². The number of ether oxygens (including phenoxy) is 1. The molecule has 0 amide bonds. The van der Waals surface area contributed by atoms with Crippen LogP contribution in [0.2, 0.25) is 0 Å². The van der Waals surface area contributed by atoms with E-state index < -0.39 is 0 Å². The fraction of sp³-hybridized carbons (Fsp3) is 0.429. The zero-order valence-electron chi connectivity index (χ0n) is 10.4. The van der Waals surface area contributed by atoms with E-state index in [1.807, 2.05) is 0 Å². The van der Waals surface area contributed by atoms with Crippen LogP contribution in [0.1, 0.15) is 24.9 Å². The van der Waals surface area contributed by atoms with E-state index in [1.165, 1.54) is 15.6 Å². The Balaban J connectivity index is 2.30. The van der Waals surface area contributed by atoms with Crippen molar-refractivity contribution in [2.24, 2.45) is 0 Å². The topological polar surface area (TPSA) is 21.3 Å². The maximum atomic E-state index is 5.32. The van der Waals surface area contributed by atoms with Crippen LogP contribution in [0.25, 0.3) is 10.1 Å². The maximum absolute atomic E-state index is 5.32. The van der Waals surface area contributed by atoms with Crippen molar-refractivity contribution in [3.05, 3.63) is 35.2 Å². The second-order valence-electron chi connectivity index (χ2n) is 4.15. The van der Waals surface area contributed by atoms with Crippen LogP contribution in [0.4, 0.5) is 0 Å². The highest BCUT2D eigenvalue weighted by molar-refractivity contribution is 7.17. The Morgan fingerprint density at radius 2 is 2.24 bits per heavy atom. The van der Waals surface area contributed by atoms with E-state index in [1.54, 1.807) is 18.4 Å². The van der Waals surface area contributed by atoms with Crippen LogP contribution in [0, 0.1) is 0 Å². The normalized spacial score (nSPS) is 13.1. The van der Waals surface area contributed by atoms with Crippen LogP contribution in [0.15, 0.2) is 29.6 Å². The van der Waals surface area contributed by atoms with E-state index in [4.69, 9.17) is 4.74 Å². The molecule has 92 valence electrons. The number of hydrogen-bond donors (Lipinski definition) is 1. The molecule has 2 aromatic rings. The fourth-order valence-corrected chi connectivity index (χ4v) is 3.00. The molecule has 0 aliphatic rings. The van der Waals surface area contributed by atoms with Crippen molar-refractivity contribution in [3.8, 4) is 0 Å². The number of benzene rings is 1. The minimum Gasteiger partial charge on any atom is -0.383 e. The Bertz CT molecular complexity index is 466. The van der Waals surface area contributed by atoms with Crippen molar-refractivity contribution in [1.82, 2.24) is 5.32 Å². The van der Waals surface area contributed by atoms with Crippen molar-refractivity contribution in [2.75, 3.05) is 20.3 Å². The lowest BCUT2D eigenvalue weighted by Crippen LogP contribution is -2.25. The monoisotopic (exact) mass is 249 g/mol. The molecule has 0 saturated carbocycles. The Hall–Kier alpha value is -0.900. The van der Waals surface area contributed by atoms with Crippen molar-refractivity contribution in [1.29, 1.82) is 0 Å². The van der Waals surface area contributed by atoms with Crippen molar-refractivity contribution < 1.29 is 4.74 Å². The lowest BCUT2D eigenvalue weighted by atomic mass is 10.1. The number of rotatable bonds is 6. The van der Waals surface area contributed by atoms with Crippen LogP contribution >= 0.6 is 11.3 Å². The number of fused-ring (bicyclic) bond motifs is 1. The summed E-state index contributed by atoms with van der Waals surface area (Å²) >= 11 is 1.81. The van der Waals surface area contributed by atoms with Crippen molar-refractivity contribution in [2.45, 2.75) is 19.4 Å². The second-order valence-corrected chi connectivity index (χ2v) is 5.06. The quantitative estimate of drug-likeness (QED) is 0.844. The molecule has 1 aromatic carbocycles. The molecule has 3 heteroatoms. The van der Waals surface area contributed by atoms with Gasteiger partial charge in [-0.15, -0.1) is 11.3 Å². The van der Waals surface area contributed by atoms with Crippen LogP contribution in [0.5, 0.6) is 0 Å². The summed E-state index contributed by atoms with van der Waals surface area (Å²) in [5.74, 6) is 0. The lowest BCUT2D eigenvalue weighted by Gasteiger charge is -2.18. The Morgan fingerprint density at radius 1 is 1.35 bits per heavy atom. The molecule has 2 nitrogen and oxygen atoms in total. The molecule has 0 aliphatic heterocycles. The van der Waals surface area contributed by atoms with Gasteiger partial charge in [0.15, 0.2) is 0 Å². The van der Waals surface area contributed by atoms with Crippen LogP contribution in [-0.2, 0) is 4.74 Å². The summed E-state index contributed by atoms with van der Waals surface area (Å²) in [5.41, 5.74) is 1.35. The first-order chi connectivity index (χ1) is 8.36. The van der Waals surface area contributed by atoms with Gasteiger partial charge in [-0.2, -0.15) is 0 Å². The third-order valence-electron chi connectivity index (χ3n) is 2.86. The minimum absolute atomic E-state index is 0.294. The molecular weight excluding hydrogens is 230 g/mol. The average Bonchev–Trinajstić information content (AvgIpc) is 2.82. The van der Waals surface area contributed by atoms with Gasteiger partial charge in [-0.1, -0.05) is 25.1 Å². The summed E-state index contributed by atoms with van der Waals surface area (Å²) in [6.07, 6.45) is 1.14. The highest BCUT2D eigenvalue weighted by Crippen LogP contribution is 2.29. The zero-order chi connectivity index (χ0) is 12.1. The molecule has 1 heterocycles. The summed E-state index contributed by atoms with van der Waals surface area (Å²) in [6, 6.07) is 8.96. The van der Waals surface area contributed by atoms with Crippen LogP contribution < -0.4 is 5.32 Å². The Kier molecular flexibility index (Phi) is 4.54. The predicted octanol–water partition coefficient (Wildman–Crippen LogP) is 3.59. The SMILES string of the molecule is CCCNC(COC)c1cccc2ccsc12. The molecule has 0 fully saturated rings. The molecule has 0 aliphatic carbocycles. The molecule has 2 rings (SSSR count). The number of hydrogen-bond acceptors (Lipinski definition) is 3. The molecular formula is C14H19NOS. The largest absolute Gasteiger partial charge is 0.383 e. The molecule has 17 heavy (non-hydrogen) atoms. The highest BCUT2D eigenvalue weighted by atomic mass is 32.1. The van der Waals surface area contributed by atoms with Gasteiger partial charge >= 0.3 is 0 Å². The molecule has 1 aromatic heterocycles. The fourth-order valence-electron chi connectivity index (χ4n) is 2.03. The Labute approximate surface area is 107 Å². The van der Waals surface area contributed by atoms with E-state index >= 15 is 0 Å². The third kappa shape index (κ3) is 2.86. The molecule has 0 saturated heterocycles. The van der Waals surface area contributed by atoms with Gasteiger partial charge in [-0.25, -0.2) is 0 Å². The predicted molar refractivity (Wildman–Crippen MR) is 74.7 cm³/mol. The van der Waals surface area contributed by atoms with Crippen molar-refractivity contribution in [3.63, 3.8) is 0 Å². The summed E-state index contributed by atoms with van der Waals surface area (Å²) < 4.78 is 6.70. The van der Waals surface area contributed by atoms with Gasteiger partial charge in [0, 0.05) is 11.8 Å². The van der Waals surface area contributed by atoms with Crippen molar-refractivity contribution >= 4 is 21.4 Å². The third-order valence-corrected chi connectivity index (χ3v) is 3.84. The summed E-state index contributed by atoms with van der Waals surface area (Å²) in [6.45, 7) is 3.93. The van der Waals surface area contributed by atoms with Gasteiger partial charge in [-0.3, -0.25) is 0 Å². The molecule has 1 N–H and O–H groups in total. The van der Waals surface area contributed by atoms with Gasteiger partial charge in [-0.05, 0) is 35.4 Å². The molecule has 0 bridgehead atoms. The minimum atomic E-state index is 0.294. The van der Waals surface area contributed by atoms with Gasteiger partial charge < -0.3 is 10.1 Å². The first kappa shape index (κ1) is 12.6. The van der Waals surface area contributed by atoms with Gasteiger partial charge in [0.2, 0.25) is 0 Å². The van der Waals surface area contributed by atoms with Gasteiger partial charge in [0.25, 0.3) is 0 Å². The zero-order valence-corrected chi connectivity index (χ0v) is 11.2. The Morgan fingerprint density at radius 3 is 3.00 bits per heavy atom. The summed E-state index contributed by atoms with van der Waals surface area (Å²) in [4.78, 5) is 0. The first-order valence-corrected chi connectivity index (χ1v) is 6.93. The standard InChI is InChI=1S/C14H19NOS/c1-3-8-15-13(10-16-2)12-6-4-5-11-7-9-17-14(11)12/h4-7,9,13,15H,3,8,10H2,1-2H3. The number of thiophene rings is 1. The maximum Gasteiger partial charge on any atom is 0.0658 e. The molecule has 1 unspecified atom stereocenters. The summed E-state index contributed by atoms with van der Waals surface area (Å²) in [7, 11) is 1.76. The number of nitrogens with one attached hydrogen (secondary N) is 1. The average molecular weight is 249 g/mol. The van der Waals surface area contributed by atoms with E-state index in [0.717, 1.165) is 19.6 Å². The van der Waals surface area contributed by atoms with Gasteiger partial charge in [0.05, 0.1) is 12.6 Å². The lowest BCUT2D eigenvalue weighted by molar-refractivity contribution is 0.167. The van der Waals surface area contributed by atoms with E-state index in [2.05, 4.69) is 41.9 Å². The molecule has 1 atom stereocenters. The second kappa shape index (κ2) is 6.15. The first-order valence-electron chi connectivity index (χ1n) is 6.05. The highest BCUT2D eigenvalue weighted by Gasteiger charge is 2.13. The van der Waals surface area contributed by atoms with E-state index in [9.17, 15) is 0 Å². The smallest absolute Gasteiger partial charge is 0.0658 e. The molecule has 0 spiro atoms. The molecule has 0 radical (unpaired) electrons. The van der Waals surface area contributed by atoms with E-state index in [0.29, 0.717) is 6.04 Å².